The van der Waals surface area contributed by atoms with E-state index in [4.69, 9.17) is 0 Å². The van der Waals surface area contributed by atoms with Gasteiger partial charge in [-0.25, -0.2) is 14.2 Å². The van der Waals surface area contributed by atoms with Crippen molar-refractivity contribution in [3.8, 4) is 11.3 Å². The summed E-state index contributed by atoms with van der Waals surface area (Å²) >= 11 is 1.15. The van der Waals surface area contributed by atoms with Gasteiger partial charge in [-0.3, -0.25) is 0 Å². The highest BCUT2D eigenvalue weighted by atomic mass is 32.1. The van der Waals surface area contributed by atoms with Gasteiger partial charge in [0.2, 0.25) is 0 Å². The Morgan fingerprint density at radius 3 is 2.80 bits per heavy atom. The fourth-order valence-corrected chi connectivity index (χ4v) is 2.68. The van der Waals surface area contributed by atoms with Gasteiger partial charge in [-0.1, -0.05) is 12.1 Å². The molecule has 0 saturated carbocycles. The van der Waals surface area contributed by atoms with Crippen LogP contribution in [0.2, 0.25) is 0 Å². The molecular weight excluding hydrogens is 279 g/mol. The molecule has 0 spiro atoms. The Kier molecular flexibility index (Phi) is 4.46. The van der Waals surface area contributed by atoms with E-state index in [2.05, 4.69) is 4.98 Å². The van der Waals surface area contributed by atoms with E-state index < -0.39 is 11.8 Å². The number of carboxylic acid groups (broad SMARTS) is 1. The van der Waals surface area contributed by atoms with Crippen molar-refractivity contribution in [2.75, 3.05) is 20.6 Å². The van der Waals surface area contributed by atoms with Gasteiger partial charge in [0.25, 0.3) is 0 Å². The number of hydrogen-bond donors (Lipinski definition) is 1. The first-order valence-electron chi connectivity index (χ1n) is 6.11. The van der Waals surface area contributed by atoms with E-state index >= 15 is 0 Å². The zero-order valence-electron chi connectivity index (χ0n) is 11.3. The number of carbonyl (C=O) groups is 1. The third kappa shape index (κ3) is 3.40. The summed E-state index contributed by atoms with van der Waals surface area (Å²) in [6, 6.07) is 5.84. The monoisotopic (exact) mass is 294 g/mol. The number of halogens is 1. The second-order valence-electron chi connectivity index (χ2n) is 4.65. The van der Waals surface area contributed by atoms with Crippen LogP contribution in [0.25, 0.3) is 11.3 Å². The Balaban J connectivity index is 2.38. The summed E-state index contributed by atoms with van der Waals surface area (Å²) in [4.78, 5) is 17.8. The number of hydrogen-bond acceptors (Lipinski definition) is 4. The van der Waals surface area contributed by atoms with Crippen molar-refractivity contribution < 1.29 is 14.3 Å². The third-order valence-corrected chi connectivity index (χ3v) is 3.84. The number of nitrogens with zero attached hydrogens (tertiary/aromatic N) is 2. The van der Waals surface area contributed by atoms with Gasteiger partial charge in [0, 0.05) is 18.5 Å². The Bertz CT molecular complexity index is 625. The summed E-state index contributed by atoms with van der Waals surface area (Å²) in [7, 11) is 3.89. The number of aromatic nitrogens is 1. The summed E-state index contributed by atoms with van der Waals surface area (Å²) in [5, 5.41) is 10.00. The predicted molar refractivity (Wildman–Crippen MR) is 76.7 cm³/mol. The Labute approximate surface area is 120 Å². The average Bonchev–Trinajstić information content (AvgIpc) is 2.80. The van der Waals surface area contributed by atoms with Crippen LogP contribution in [0.3, 0.4) is 0 Å². The Morgan fingerprint density at radius 2 is 2.20 bits per heavy atom. The van der Waals surface area contributed by atoms with Crippen molar-refractivity contribution >= 4 is 17.3 Å². The maximum atomic E-state index is 13.3. The van der Waals surface area contributed by atoms with Crippen LogP contribution < -0.4 is 0 Å². The minimum Gasteiger partial charge on any atom is -0.477 e. The molecule has 0 aliphatic carbocycles. The van der Waals surface area contributed by atoms with Gasteiger partial charge in [-0.15, -0.1) is 11.3 Å². The summed E-state index contributed by atoms with van der Waals surface area (Å²) in [5.41, 5.74) is 0.838. The van der Waals surface area contributed by atoms with Crippen LogP contribution in [0.15, 0.2) is 24.3 Å². The van der Waals surface area contributed by atoms with Crippen molar-refractivity contribution in [2.24, 2.45) is 0 Å². The van der Waals surface area contributed by atoms with Crippen LogP contribution >= 0.6 is 11.3 Å². The zero-order valence-corrected chi connectivity index (χ0v) is 12.1. The normalized spacial score (nSPS) is 11.0. The van der Waals surface area contributed by atoms with Gasteiger partial charge >= 0.3 is 5.97 Å². The number of rotatable bonds is 5. The minimum atomic E-state index is -1.03. The number of aromatic carboxylic acids is 1. The van der Waals surface area contributed by atoms with Gasteiger partial charge in [0.15, 0.2) is 0 Å². The van der Waals surface area contributed by atoms with E-state index in [1.54, 1.807) is 12.1 Å². The SMILES string of the molecule is CN(C)CCc1nc(-c2cccc(F)c2)c(C(=O)O)s1. The first-order chi connectivity index (χ1) is 9.47. The molecule has 106 valence electrons. The second kappa shape index (κ2) is 6.11. The first-order valence-corrected chi connectivity index (χ1v) is 6.92. The van der Waals surface area contributed by atoms with Crippen LogP contribution in [0.4, 0.5) is 4.39 Å². The second-order valence-corrected chi connectivity index (χ2v) is 5.74. The summed E-state index contributed by atoms with van der Waals surface area (Å²) < 4.78 is 13.3. The van der Waals surface area contributed by atoms with E-state index in [1.807, 2.05) is 19.0 Å². The molecule has 1 aromatic carbocycles. The molecule has 1 aromatic heterocycles. The molecule has 0 aliphatic rings. The molecular formula is C14H15FN2O2S. The number of likely N-dealkylation sites (N-methyl/N-ethyl adjacent to an activating group) is 1. The van der Waals surface area contributed by atoms with Gasteiger partial charge in [0.05, 0.1) is 10.7 Å². The summed E-state index contributed by atoms with van der Waals surface area (Å²) in [5.74, 6) is -1.43. The number of thiazole rings is 1. The van der Waals surface area contributed by atoms with Gasteiger partial charge in [-0.2, -0.15) is 0 Å². The topological polar surface area (TPSA) is 53.4 Å². The average molecular weight is 294 g/mol. The van der Waals surface area contributed by atoms with E-state index in [0.29, 0.717) is 17.7 Å². The van der Waals surface area contributed by atoms with Crippen molar-refractivity contribution in [2.45, 2.75) is 6.42 Å². The quantitative estimate of drug-likeness (QED) is 0.921. The van der Waals surface area contributed by atoms with Crippen LogP contribution in [0, 0.1) is 5.82 Å². The van der Waals surface area contributed by atoms with Crippen molar-refractivity contribution in [3.63, 3.8) is 0 Å². The molecule has 0 radical (unpaired) electrons. The first kappa shape index (κ1) is 14.6. The van der Waals surface area contributed by atoms with Crippen molar-refractivity contribution in [1.82, 2.24) is 9.88 Å². The lowest BCUT2D eigenvalue weighted by atomic mass is 10.1. The number of benzene rings is 1. The lowest BCUT2D eigenvalue weighted by Gasteiger charge is -2.06. The molecule has 6 heteroatoms. The highest BCUT2D eigenvalue weighted by Gasteiger charge is 2.19. The smallest absolute Gasteiger partial charge is 0.348 e. The molecule has 0 aliphatic heterocycles. The summed E-state index contributed by atoms with van der Waals surface area (Å²) in [6.07, 6.45) is 0.674. The molecule has 1 heterocycles. The van der Waals surface area contributed by atoms with Crippen LogP contribution in [-0.4, -0.2) is 41.6 Å². The predicted octanol–water partition coefficient (Wildman–Crippen LogP) is 2.75. The minimum absolute atomic E-state index is 0.157. The van der Waals surface area contributed by atoms with Crippen LogP contribution in [0.5, 0.6) is 0 Å². The Morgan fingerprint density at radius 1 is 1.45 bits per heavy atom. The van der Waals surface area contributed by atoms with Crippen molar-refractivity contribution in [3.05, 3.63) is 40.0 Å². The van der Waals surface area contributed by atoms with Gasteiger partial charge < -0.3 is 10.0 Å². The van der Waals surface area contributed by atoms with E-state index in [-0.39, 0.29) is 4.88 Å². The van der Waals surface area contributed by atoms with E-state index in [9.17, 15) is 14.3 Å². The molecule has 2 aromatic rings. The molecule has 0 fully saturated rings. The van der Waals surface area contributed by atoms with Gasteiger partial charge in [0.1, 0.15) is 10.7 Å². The highest BCUT2D eigenvalue weighted by Crippen LogP contribution is 2.29. The molecule has 4 nitrogen and oxygen atoms in total. The maximum Gasteiger partial charge on any atom is 0.348 e. The highest BCUT2D eigenvalue weighted by molar-refractivity contribution is 7.14. The largest absolute Gasteiger partial charge is 0.477 e. The summed E-state index contributed by atoms with van der Waals surface area (Å²) in [6.45, 7) is 0.787. The maximum absolute atomic E-state index is 13.3. The van der Waals surface area contributed by atoms with Gasteiger partial charge in [-0.05, 0) is 26.2 Å². The number of carboxylic acids is 1. The standard InChI is InChI=1S/C14H15FN2O2S/c1-17(2)7-6-11-16-12(13(20-11)14(18)19)9-4-3-5-10(15)8-9/h3-5,8H,6-7H2,1-2H3,(H,18,19). The lowest BCUT2D eigenvalue weighted by molar-refractivity contribution is 0.0702. The molecule has 0 unspecified atom stereocenters. The van der Waals surface area contributed by atoms with Crippen molar-refractivity contribution in [1.29, 1.82) is 0 Å². The fourth-order valence-electron chi connectivity index (χ4n) is 1.77. The fraction of sp³-hybridized carbons (Fsp3) is 0.286. The molecule has 20 heavy (non-hydrogen) atoms. The Hall–Kier alpha value is -1.79. The molecule has 2 rings (SSSR count). The van der Waals surface area contributed by atoms with E-state index in [1.165, 1.54) is 12.1 Å². The zero-order chi connectivity index (χ0) is 14.7. The molecule has 0 amide bonds. The lowest BCUT2D eigenvalue weighted by Crippen LogP contribution is -2.14. The molecule has 0 saturated heterocycles. The van der Waals surface area contributed by atoms with E-state index in [0.717, 1.165) is 22.9 Å². The molecule has 0 atom stereocenters. The third-order valence-electron chi connectivity index (χ3n) is 2.74. The molecule has 1 N–H and O–H groups in total. The molecule has 0 bridgehead atoms. The van der Waals surface area contributed by atoms with Crippen LogP contribution in [0.1, 0.15) is 14.7 Å². The van der Waals surface area contributed by atoms with Crippen LogP contribution in [-0.2, 0) is 6.42 Å².